The molecule has 0 aliphatic heterocycles. The van der Waals surface area contributed by atoms with Crippen molar-refractivity contribution in [3.8, 4) is 34.2 Å². The molecule has 0 atom stereocenters. The molecule has 124 valence electrons. The number of aryl methyl sites for hydroxylation is 1. The van der Waals surface area contributed by atoms with Crippen LogP contribution in [0.1, 0.15) is 16.7 Å². The number of rotatable bonds is 3. The minimum absolute atomic E-state index is 0.246. The summed E-state index contributed by atoms with van der Waals surface area (Å²) in [7, 11) is 1.63. The average Bonchev–Trinajstić information content (AvgIpc) is 2.63. The van der Waals surface area contributed by atoms with Crippen LogP contribution < -0.4 is 10.5 Å². The van der Waals surface area contributed by atoms with Crippen molar-refractivity contribution in [3.05, 3.63) is 65.2 Å². The normalized spacial score (nSPS) is 10.3. The van der Waals surface area contributed by atoms with E-state index in [0.29, 0.717) is 5.56 Å². The van der Waals surface area contributed by atoms with Crippen molar-refractivity contribution < 1.29 is 4.74 Å². The van der Waals surface area contributed by atoms with E-state index in [-0.39, 0.29) is 5.82 Å². The second-order valence-corrected chi connectivity index (χ2v) is 5.93. The van der Waals surface area contributed by atoms with Gasteiger partial charge in [0, 0.05) is 11.1 Å². The molecular formula is C21H19N3O. The molecule has 2 N–H and O–H groups in total. The molecule has 4 nitrogen and oxygen atoms in total. The van der Waals surface area contributed by atoms with E-state index >= 15 is 0 Å². The maximum atomic E-state index is 9.60. The third kappa shape index (κ3) is 3.05. The first kappa shape index (κ1) is 16.5. The van der Waals surface area contributed by atoms with Gasteiger partial charge in [0.25, 0.3) is 0 Å². The Morgan fingerprint density at radius 1 is 1.04 bits per heavy atom. The fourth-order valence-electron chi connectivity index (χ4n) is 3.00. The Morgan fingerprint density at radius 3 is 2.36 bits per heavy atom. The van der Waals surface area contributed by atoms with Gasteiger partial charge in [-0.2, -0.15) is 5.26 Å². The maximum absolute atomic E-state index is 9.60. The number of pyridine rings is 1. The number of anilines is 1. The standard InChI is InChI=1S/C21H19N3O/c1-13-5-4-6-16(11-13)19-14(2)20(24-21(23)18(19)12-22)15-7-9-17(25-3)10-8-15/h4-11H,1-3H3,(H2,23,24). The number of hydrogen-bond acceptors (Lipinski definition) is 4. The van der Waals surface area contributed by atoms with Gasteiger partial charge in [0.15, 0.2) is 0 Å². The minimum atomic E-state index is 0.246. The van der Waals surface area contributed by atoms with Crippen molar-refractivity contribution in [2.45, 2.75) is 13.8 Å². The number of nitriles is 1. The highest BCUT2D eigenvalue weighted by atomic mass is 16.5. The fraction of sp³-hybridized carbons (Fsp3) is 0.143. The number of nitrogens with zero attached hydrogens (tertiary/aromatic N) is 2. The summed E-state index contributed by atoms with van der Waals surface area (Å²) in [6, 6.07) is 17.9. The molecule has 1 heterocycles. The SMILES string of the molecule is COc1ccc(-c2nc(N)c(C#N)c(-c3cccc(C)c3)c2C)cc1. The number of methoxy groups -OCH3 is 1. The zero-order valence-corrected chi connectivity index (χ0v) is 14.5. The lowest BCUT2D eigenvalue weighted by Gasteiger charge is -2.15. The molecule has 2 aromatic carbocycles. The molecule has 0 spiro atoms. The van der Waals surface area contributed by atoms with E-state index in [1.807, 2.05) is 56.3 Å². The molecule has 0 aliphatic carbocycles. The van der Waals surface area contributed by atoms with Crippen molar-refractivity contribution in [2.75, 3.05) is 12.8 Å². The summed E-state index contributed by atoms with van der Waals surface area (Å²) >= 11 is 0. The lowest BCUT2D eigenvalue weighted by molar-refractivity contribution is 0.415. The summed E-state index contributed by atoms with van der Waals surface area (Å²) in [6.07, 6.45) is 0. The number of hydrogen-bond donors (Lipinski definition) is 1. The third-order valence-corrected chi connectivity index (χ3v) is 4.25. The topological polar surface area (TPSA) is 71.9 Å². The van der Waals surface area contributed by atoms with E-state index in [4.69, 9.17) is 10.5 Å². The molecule has 0 amide bonds. The number of ether oxygens (including phenoxy) is 1. The van der Waals surface area contributed by atoms with Crippen LogP contribution in [0.3, 0.4) is 0 Å². The van der Waals surface area contributed by atoms with E-state index in [2.05, 4.69) is 17.1 Å². The molecule has 1 aromatic heterocycles. The average molecular weight is 329 g/mol. The fourth-order valence-corrected chi connectivity index (χ4v) is 3.00. The highest BCUT2D eigenvalue weighted by molar-refractivity contribution is 5.84. The molecule has 25 heavy (non-hydrogen) atoms. The Kier molecular flexibility index (Phi) is 4.40. The van der Waals surface area contributed by atoms with Gasteiger partial charge in [-0.15, -0.1) is 0 Å². The molecule has 0 bridgehead atoms. The monoisotopic (exact) mass is 329 g/mol. The second-order valence-electron chi connectivity index (χ2n) is 5.93. The predicted molar refractivity (Wildman–Crippen MR) is 100 cm³/mol. The summed E-state index contributed by atoms with van der Waals surface area (Å²) < 4.78 is 5.21. The quantitative estimate of drug-likeness (QED) is 0.768. The van der Waals surface area contributed by atoms with Gasteiger partial charge in [-0.1, -0.05) is 29.8 Å². The van der Waals surface area contributed by atoms with Gasteiger partial charge < -0.3 is 10.5 Å². The molecule has 0 aliphatic rings. The minimum Gasteiger partial charge on any atom is -0.497 e. The Bertz CT molecular complexity index is 970. The molecule has 0 radical (unpaired) electrons. The van der Waals surface area contributed by atoms with Gasteiger partial charge in [0.2, 0.25) is 0 Å². The van der Waals surface area contributed by atoms with Gasteiger partial charge in [-0.25, -0.2) is 4.98 Å². The first-order chi connectivity index (χ1) is 12.0. The molecule has 3 aromatic rings. The summed E-state index contributed by atoms with van der Waals surface area (Å²) in [6.45, 7) is 4.00. The van der Waals surface area contributed by atoms with Crippen LogP contribution >= 0.6 is 0 Å². The van der Waals surface area contributed by atoms with E-state index in [0.717, 1.165) is 39.3 Å². The summed E-state index contributed by atoms with van der Waals surface area (Å²) in [4.78, 5) is 4.49. The van der Waals surface area contributed by atoms with Gasteiger partial charge in [0.1, 0.15) is 23.2 Å². The third-order valence-electron chi connectivity index (χ3n) is 4.25. The van der Waals surface area contributed by atoms with Crippen molar-refractivity contribution in [2.24, 2.45) is 0 Å². The molecule has 3 rings (SSSR count). The summed E-state index contributed by atoms with van der Waals surface area (Å²) in [5.74, 6) is 1.03. The first-order valence-electron chi connectivity index (χ1n) is 7.96. The van der Waals surface area contributed by atoms with Crippen LogP contribution in [0, 0.1) is 25.2 Å². The van der Waals surface area contributed by atoms with Crippen molar-refractivity contribution in [1.82, 2.24) is 4.98 Å². The van der Waals surface area contributed by atoms with Crippen LogP contribution in [0.25, 0.3) is 22.4 Å². The molecular weight excluding hydrogens is 310 g/mol. The Labute approximate surface area is 147 Å². The Morgan fingerprint density at radius 2 is 1.76 bits per heavy atom. The van der Waals surface area contributed by atoms with Gasteiger partial charge in [-0.3, -0.25) is 0 Å². The predicted octanol–water partition coefficient (Wildman–Crippen LogP) is 4.49. The molecule has 0 unspecified atom stereocenters. The van der Waals surface area contributed by atoms with Crippen molar-refractivity contribution in [1.29, 1.82) is 5.26 Å². The smallest absolute Gasteiger partial charge is 0.142 e. The zero-order valence-electron chi connectivity index (χ0n) is 14.5. The Balaban J connectivity index is 2.27. The van der Waals surface area contributed by atoms with Gasteiger partial charge >= 0.3 is 0 Å². The van der Waals surface area contributed by atoms with Crippen molar-refractivity contribution >= 4 is 5.82 Å². The summed E-state index contributed by atoms with van der Waals surface area (Å²) in [5.41, 5.74) is 12.1. The highest BCUT2D eigenvalue weighted by Crippen LogP contribution is 2.36. The van der Waals surface area contributed by atoms with Crippen molar-refractivity contribution in [3.63, 3.8) is 0 Å². The lowest BCUT2D eigenvalue weighted by atomic mass is 9.92. The van der Waals surface area contributed by atoms with Crippen LogP contribution in [-0.4, -0.2) is 12.1 Å². The number of benzene rings is 2. The lowest BCUT2D eigenvalue weighted by Crippen LogP contribution is -2.03. The highest BCUT2D eigenvalue weighted by Gasteiger charge is 2.18. The second kappa shape index (κ2) is 6.66. The largest absolute Gasteiger partial charge is 0.497 e. The van der Waals surface area contributed by atoms with E-state index in [9.17, 15) is 5.26 Å². The van der Waals surface area contributed by atoms with Crippen LogP contribution in [-0.2, 0) is 0 Å². The van der Waals surface area contributed by atoms with Crippen LogP contribution in [0.4, 0.5) is 5.82 Å². The number of aromatic nitrogens is 1. The van der Waals surface area contributed by atoms with Crippen LogP contribution in [0.5, 0.6) is 5.75 Å². The number of nitrogens with two attached hydrogens (primary N) is 1. The maximum Gasteiger partial charge on any atom is 0.142 e. The zero-order chi connectivity index (χ0) is 18.0. The first-order valence-corrected chi connectivity index (χ1v) is 7.96. The van der Waals surface area contributed by atoms with Gasteiger partial charge in [-0.05, 0) is 49.2 Å². The Hall–Kier alpha value is -3.32. The number of nitrogen functional groups attached to an aromatic ring is 1. The van der Waals surface area contributed by atoms with E-state index in [1.165, 1.54) is 0 Å². The molecule has 4 heteroatoms. The van der Waals surface area contributed by atoms with Gasteiger partial charge in [0.05, 0.1) is 12.8 Å². The molecule has 0 saturated heterocycles. The van der Waals surface area contributed by atoms with Crippen LogP contribution in [0.15, 0.2) is 48.5 Å². The molecule has 0 fully saturated rings. The van der Waals surface area contributed by atoms with Crippen LogP contribution in [0.2, 0.25) is 0 Å². The van der Waals surface area contributed by atoms with E-state index < -0.39 is 0 Å². The summed E-state index contributed by atoms with van der Waals surface area (Å²) in [5, 5.41) is 9.60. The molecule has 0 saturated carbocycles. The van der Waals surface area contributed by atoms with E-state index in [1.54, 1.807) is 7.11 Å².